The molecular weight excluding hydrogens is 324 g/mol. The Kier molecular flexibility index (Phi) is 7.84. The third-order valence-corrected chi connectivity index (χ3v) is 4.16. The maximum absolute atomic E-state index is 12.5. The number of carbonyl (C=O) groups is 2. The van der Waals surface area contributed by atoms with E-state index < -0.39 is 18.3 Å². The van der Waals surface area contributed by atoms with Crippen LogP contribution in [0.25, 0.3) is 0 Å². The van der Waals surface area contributed by atoms with E-state index in [0.717, 1.165) is 24.9 Å². The Morgan fingerprint density at radius 2 is 1.96 bits per heavy atom. The molecule has 0 bridgehead atoms. The molecule has 7 nitrogen and oxygen atoms in total. The van der Waals surface area contributed by atoms with Gasteiger partial charge in [0.1, 0.15) is 12.6 Å². The highest BCUT2D eigenvalue weighted by Gasteiger charge is 2.30. The Bertz CT molecular complexity index is 542. The van der Waals surface area contributed by atoms with Gasteiger partial charge in [-0.2, -0.15) is 0 Å². The quantitative estimate of drug-likeness (QED) is 0.510. The number of rotatable bonds is 9. The number of esters is 1. The first-order valence-corrected chi connectivity index (χ1v) is 8.44. The molecule has 1 aromatic carbocycles. The van der Waals surface area contributed by atoms with Crippen molar-refractivity contribution in [3.63, 3.8) is 0 Å². The second-order valence-corrected chi connectivity index (χ2v) is 5.94. The maximum Gasteiger partial charge on any atom is 0.329 e. The summed E-state index contributed by atoms with van der Waals surface area (Å²) in [5.74, 6) is -0.709. The number of hydrogen-bond donors (Lipinski definition) is 2. The number of amides is 1. The molecule has 1 aliphatic rings. The van der Waals surface area contributed by atoms with Crippen LogP contribution in [0.1, 0.15) is 24.8 Å². The summed E-state index contributed by atoms with van der Waals surface area (Å²) in [4.78, 5) is 24.8. The van der Waals surface area contributed by atoms with Crippen LogP contribution in [0.5, 0.6) is 0 Å². The molecular formula is C18H26N2O5. The molecule has 2 atom stereocenters. The Hall–Kier alpha value is -1.96. The molecule has 1 aromatic rings. The largest absolute Gasteiger partial charge is 0.459 e. The summed E-state index contributed by atoms with van der Waals surface area (Å²) < 4.78 is 15.7. The van der Waals surface area contributed by atoms with Crippen molar-refractivity contribution in [1.82, 2.24) is 10.6 Å². The van der Waals surface area contributed by atoms with Crippen molar-refractivity contribution in [1.29, 1.82) is 0 Å². The lowest BCUT2D eigenvalue weighted by atomic mass is 10.1. The van der Waals surface area contributed by atoms with Crippen LogP contribution in [0.15, 0.2) is 30.3 Å². The second kappa shape index (κ2) is 10.1. The standard InChI is InChI=1S/C18H26N2O5/c1-23-16(24-2)11-15(20-17(21)14-9-6-10-19-14)18(22)25-12-13-7-4-3-5-8-13/h3-5,7-8,14-16,19H,6,9-12H2,1-2H3,(H,20,21)/t14-,15+/m0/s1. The van der Waals surface area contributed by atoms with Gasteiger partial charge in [0.05, 0.1) is 6.04 Å². The molecule has 0 spiro atoms. The second-order valence-electron chi connectivity index (χ2n) is 5.94. The van der Waals surface area contributed by atoms with E-state index in [0.29, 0.717) is 0 Å². The van der Waals surface area contributed by atoms with Crippen LogP contribution in [0.4, 0.5) is 0 Å². The molecule has 138 valence electrons. The van der Waals surface area contributed by atoms with Crippen molar-refractivity contribution in [3.8, 4) is 0 Å². The van der Waals surface area contributed by atoms with Crippen LogP contribution in [-0.2, 0) is 30.4 Å². The fourth-order valence-electron chi connectivity index (χ4n) is 2.71. The normalized spacial score (nSPS) is 18.1. The topological polar surface area (TPSA) is 85.9 Å². The minimum absolute atomic E-state index is 0.151. The molecule has 1 amide bonds. The van der Waals surface area contributed by atoms with Gasteiger partial charge in [0, 0.05) is 20.6 Å². The predicted octanol–water partition coefficient (Wildman–Crippen LogP) is 0.976. The minimum Gasteiger partial charge on any atom is -0.459 e. The van der Waals surface area contributed by atoms with Crippen molar-refractivity contribution < 1.29 is 23.8 Å². The van der Waals surface area contributed by atoms with Crippen molar-refractivity contribution in [3.05, 3.63) is 35.9 Å². The van der Waals surface area contributed by atoms with Gasteiger partial charge in [0.25, 0.3) is 0 Å². The third-order valence-electron chi connectivity index (χ3n) is 4.16. The molecule has 1 aliphatic heterocycles. The van der Waals surface area contributed by atoms with Gasteiger partial charge in [0.15, 0.2) is 6.29 Å². The van der Waals surface area contributed by atoms with Crippen molar-refractivity contribution in [2.75, 3.05) is 20.8 Å². The van der Waals surface area contributed by atoms with Crippen LogP contribution in [0.2, 0.25) is 0 Å². The van der Waals surface area contributed by atoms with E-state index >= 15 is 0 Å². The number of benzene rings is 1. The fraction of sp³-hybridized carbons (Fsp3) is 0.556. The Labute approximate surface area is 148 Å². The van der Waals surface area contributed by atoms with Gasteiger partial charge < -0.3 is 24.8 Å². The zero-order chi connectivity index (χ0) is 18.1. The molecule has 1 saturated heterocycles. The number of hydrogen-bond acceptors (Lipinski definition) is 6. The predicted molar refractivity (Wildman–Crippen MR) is 91.6 cm³/mol. The van der Waals surface area contributed by atoms with Crippen LogP contribution in [-0.4, -0.2) is 51.0 Å². The van der Waals surface area contributed by atoms with Crippen molar-refractivity contribution in [2.24, 2.45) is 0 Å². The van der Waals surface area contributed by atoms with Crippen LogP contribution >= 0.6 is 0 Å². The SMILES string of the molecule is COC(C[C@@H](NC(=O)[C@@H]1CCCN1)C(=O)OCc1ccccc1)OC. The van der Waals surface area contributed by atoms with Crippen molar-refractivity contribution in [2.45, 2.75) is 44.2 Å². The Morgan fingerprint density at radius 1 is 1.24 bits per heavy atom. The highest BCUT2D eigenvalue weighted by molar-refractivity contribution is 5.87. The number of nitrogens with one attached hydrogen (secondary N) is 2. The number of ether oxygens (including phenoxy) is 3. The van der Waals surface area contributed by atoms with E-state index in [1.165, 1.54) is 14.2 Å². The summed E-state index contributed by atoms with van der Waals surface area (Å²) in [7, 11) is 2.97. The molecule has 25 heavy (non-hydrogen) atoms. The number of methoxy groups -OCH3 is 2. The maximum atomic E-state index is 12.5. The van der Waals surface area contributed by atoms with E-state index in [1.807, 2.05) is 30.3 Å². The van der Waals surface area contributed by atoms with E-state index in [-0.39, 0.29) is 25.0 Å². The van der Waals surface area contributed by atoms with E-state index in [4.69, 9.17) is 14.2 Å². The third kappa shape index (κ3) is 6.12. The average molecular weight is 350 g/mol. The molecule has 7 heteroatoms. The summed E-state index contributed by atoms with van der Waals surface area (Å²) in [6.07, 6.45) is 1.28. The fourth-order valence-corrected chi connectivity index (χ4v) is 2.71. The lowest BCUT2D eigenvalue weighted by Crippen LogP contribution is -2.50. The molecule has 2 rings (SSSR count). The van der Waals surface area contributed by atoms with E-state index in [2.05, 4.69) is 10.6 Å². The first-order valence-electron chi connectivity index (χ1n) is 8.44. The zero-order valence-corrected chi connectivity index (χ0v) is 14.7. The summed E-state index contributed by atoms with van der Waals surface area (Å²) in [6, 6.07) is 8.29. The molecule has 1 heterocycles. The molecule has 0 aromatic heterocycles. The van der Waals surface area contributed by atoms with Gasteiger partial charge in [0.2, 0.25) is 5.91 Å². The summed E-state index contributed by atoms with van der Waals surface area (Å²) in [5, 5.41) is 5.87. The lowest BCUT2D eigenvalue weighted by molar-refractivity contribution is -0.156. The molecule has 1 fully saturated rings. The highest BCUT2D eigenvalue weighted by Crippen LogP contribution is 2.10. The summed E-state index contributed by atoms with van der Waals surface area (Å²) in [5.41, 5.74) is 0.883. The van der Waals surface area contributed by atoms with Gasteiger partial charge in [-0.3, -0.25) is 4.79 Å². The first kappa shape index (κ1) is 19.4. The highest BCUT2D eigenvalue weighted by atomic mass is 16.7. The Balaban J connectivity index is 1.96. The van der Waals surface area contributed by atoms with Gasteiger partial charge in [-0.15, -0.1) is 0 Å². The number of carbonyl (C=O) groups excluding carboxylic acids is 2. The molecule has 0 radical (unpaired) electrons. The summed E-state index contributed by atoms with van der Waals surface area (Å²) >= 11 is 0. The average Bonchev–Trinajstić information content (AvgIpc) is 3.18. The summed E-state index contributed by atoms with van der Waals surface area (Å²) in [6.45, 7) is 0.957. The lowest BCUT2D eigenvalue weighted by Gasteiger charge is -2.23. The molecule has 0 unspecified atom stereocenters. The minimum atomic E-state index is -0.830. The Morgan fingerprint density at radius 3 is 2.56 bits per heavy atom. The van der Waals surface area contributed by atoms with Crippen LogP contribution in [0, 0.1) is 0 Å². The van der Waals surface area contributed by atoms with Crippen molar-refractivity contribution >= 4 is 11.9 Å². The van der Waals surface area contributed by atoms with Gasteiger partial charge in [-0.05, 0) is 24.9 Å². The van der Waals surface area contributed by atoms with Gasteiger partial charge >= 0.3 is 5.97 Å². The monoisotopic (exact) mass is 350 g/mol. The van der Waals surface area contributed by atoms with E-state index in [9.17, 15) is 9.59 Å². The molecule has 0 saturated carbocycles. The van der Waals surface area contributed by atoms with Crippen LogP contribution < -0.4 is 10.6 Å². The first-order chi connectivity index (χ1) is 12.1. The zero-order valence-electron chi connectivity index (χ0n) is 14.7. The van der Waals surface area contributed by atoms with Gasteiger partial charge in [-0.25, -0.2) is 4.79 Å². The van der Waals surface area contributed by atoms with Crippen LogP contribution in [0.3, 0.4) is 0 Å². The smallest absolute Gasteiger partial charge is 0.329 e. The molecule has 2 N–H and O–H groups in total. The van der Waals surface area contributed by atoms with E-state index in [1.54, 1.807) is 0 Å². The van der Waals surface area contributed by atoms with Gasteiger partial charge in [-0.1, -0.05) is 30.3 Å². The molecule has 0 aliphatic carbocycles.